The number of benzene rings is 1. The average molecular weight is 261 g/mol. The van der Waals surface area contributed by atoms with Gasteiger partial charge in [0.2, 0.25) is 0 Å². The van der Waals surface area contributed by atoms with Crippen LogP contribution in [0, 0.1) is 27.7 Å². The first kappa shape index (κ1) is 13.2. The quantitative estimate of drug-likeness (QED) is 0.914. The molecule has 1 aromatic carbocycles. The third-order valence-electron chi connectivity index (χ3n) is 3.28. The summed E-state index contributed by atoms with van der Waals surface area (Å²) in [6.07, 6.45) is 0.219. The molecule has 0 bridgehead atoms. The largest absolute Gasteiger partial charge is 0.387 e. The van der Waals surface area contributed by atoms with E-state index >= 15 is 0 Å². The fourth-order valence-electron chi connectivity index (χ4n) is 2.31. The SMILES string of the molecule is Cc1nc(C)c(C(O)Cc2c(C)cccc2C)s1. The van der Waals surface area contributed by atoms with Crippen LogP contribution < -0.4 is 0 Å². The third kappa shape index (κ3) is 2.62. The topological polar surface area (TPSA) is 33.1 Å². The number of aliphatic hydroxyl groups excluding tert-OH is 1. The third-order valence-corrected chi connectivity index (χ3v) is 4.46. The van der Waals surface area contributed by atoms with Crippen molar-refractivity contribution in [2.45, 2.75) is 40.2 Å². The smallest absolute Gasteiger partial charge is 0.0941 e. The second-order valence-electron chi connectivity index (χ2n) is 4.77. The van der Waals surface area contributed by atoms with Crippen molar-refractivity contribution in [2.75, 3.05) is 0 Å². The summed E-state index contributed by atoms with van der Waals surface area (Å²) in [6.45, 7) is 8.14. The molecule has 0 saturated carbocycles. The highest BCUT2D eigenvalue weighted by molar-refractivity contribution is 7.11. The molecular weight excluding hydrogens is 242 g/mol. The first-order valence-corrected chi connectivity index (χ1v) is 6.97. The zero-order valence-corrected chi connectivity index (χ0v) is 12.1. The number of thiazole rings is 1. The minimum absolute atomic E-state index is 0.448. The molecular formula is C15H19NOS. The van der Waals surface area contributed by atoms with Crippen molar-refractivity contribution < 1.29 is 5.11 Å². The monoisotopic (exact) mass is 261 g/mol. The van der Waals surface area contributed by atoms with Crippen molar-refractivity contribution in [2.24, 2.45) is 0 Å². The molecule has 1 unspecified atom stereocenters. The first-order chi connectivity index (χ1) is 8.49. The van der Waals surface area contributed by atoms with E-state index in [-0.39, 0.29) is 0 Å². The van der Waals surface area contributed by atoms with Crippen molar-refractivity contribution in [3.8, 4) is 0 Å². The van der Waals surface area contributed by atoms with Crippen LogP contribution in [0.1, 0.15) is 38.4 Å². The summed E-state index contributed by atoms with van der Waals surface area (Å²) in [5, 5.41) is 11.4. The van der Waals surface area contributed by atoms with Gasteiger partial charge in [0.05, 0.1) is 21.7 Å². The van der Waals surface area contributed by atoms with Crippen LogP contribution in [0.25, 0.3) is 0 Å². The zero-order chi connectivity index (χ0) is 13.3. The molecule has 0 radical (unpaired) electrons. The molecule has 0 amide bonds. The second kappa shape index (κ2) is 5.21. The van der Waals surface area contributed by atoms with Gasteiger partial charge in [0.15, 0.2) is 0 Å². The number of aromatic nitrogens is 1. The van der Waals surface area contributed by atoms with Crippen LogP contribution in [-0.4, -0.2) is 10.1 Å². The summed E-state index contributed by atoms with van der Waals surface area (Å²) in [4.78, 5) is 5.37. The Morgan fingerprint density at radius 2 is 1.78 bits per heavy atom. The van der Waals surface area contributed by atoms with Gasteiger partial charge in [0, 0.05) is 6.42 Å². The predicted molar refractivity (Wildman–Crippen MR) is 76.2 cm³/mol. The molecule has 0 aliphatic rings. The molecule has 1 atom stereocenters. The van der Waals surface area contributed by atoms with Gasteiger partial charge >= 0.3 is 0 Å². The van der Waals surface area contributed by atoms with Crippen LogP contribution in [0.15, 0.2) is 18.2 Å². The molecule has 3 heteroatoms. The Bertz CT molecular complexity index is 539. The zero-order valence-electron chi connectivity index (χ0n) is 11.3. The van der Waals surface area contributed by atoms with Crippen LogP contribution in [0.5, 0.6) is 0 Å². The highest BCUT2D eigenvalue weighted by atomic mass is 32.1. The number of aliphatic hydroxyl groups is 1. The predicted octanol–water partition coefficient (Wildman–Crippen LogP) is 3.65. The van der Waals surface area contributed by atoms with Crippen LogP contribution >= 0.6 is 11.3 Å². The lowest BCUT2D eigenvalue weighted by atomic mass is 9.97. The molecule has 1 heterocycles. The van der Waals surface area contributed by atoms with E-state index in [1.807, 2.05) is 13.8 Å². The van der Waals surface area contributed by atoms with Gasteiger partial charge in [-0.3, -0.25) is 0 Å². The molecule has 18 heavy (non-hydrogen) atoms. The Morgan fingerprint density at radius 1 is 1.17 bits per heavy atom. The van der Waals surface area contributed by atoms with Gasteiger partial charge in [-0.1, -0.05) is 18.2 Å². The summed E-state index contributed by atoms with van der Waals surface area (Å²) in [7, 11) is 0. The number of hydrogen-bond acceptors (Lipinski definition) is 3. The summed E-state index contributed by atoms with van der Waals surface area (Å²) in [5.41, 5.74) is 4.69. The molecule has 2 aromatic rings. The Morgan fingerprint density at radius 3 is 2.28 bits per heavy atom. The lowest BCUT2D eigenvalue weighted by molar-refractivity contribution is 0.181. The van der Waals surface area contributed by atoms with Crippen molar-refractivity contribution in [3.05, 3.63) is 50.5 Å². The Labute approximate surface area is 112 Å². The first-order valence-electron chi connectivity index (χ1n) is 6.16. The van der Waals surface area contributed by atoms with E-state index in [0.29, 0.717) is 6.42 Å². The van der Waals surface area contributed by atoms with Gasteiger partial charge in [0.1, 0.15) is 0 Å². The van der Waals surface area contributed by atoms with Gasteiger partial charge in [-0.2, -0.15) is 0 Å². The molecule has 2 rings (SSSR count). The minimum atomic E-state index is -0.448. The Hall–Kier alpha value is -1.19. The summed E-state index contributed by atoms with van der Waals surface area (Å²) in [5.74, 6) is 0. The number of nitrogens with zero attached hydrogens (tertiary/aromatic N) is 1. The summed E-state index contributed by atoms with van der Waals surface area (Å²) in [6, 6.07) is 6.25. The molecule has 1 aromatic heterocycles. The second-order valence-corrected chi connectivity index (χ2v) is 6.01. The fraction of sp³-hybridized carbons (Fsp3) is 0.400. The van der Waals surface area contributed by atoms with Gasteiger partial charge in [-0.05, 0) is 44.4 Å². The lowest BCUT2D eigenvalue weighted by Gasteiger charge is -2.14. The van der Waals surface area contributed by atoms with Gasteiger partial charge < -0.3 is 5.11 Å². The van der Waals surface area contributed by atoms with Gasteiger partial charge in [0.25, 0.3) is 0 Å². The van der Waals surface area contributed by atoms with Crippen molar-refractivity contribution in [1.82, 2.24) is 4.98 Å². The van der Waals surface area contributed by atoms with Crippen molar-refractivity contribution in [1.29, 1.82) is 0 Å². The normalized spacial score (nSPS) is 12.7. The highest BCUT2D eigenvalue weighted by Gasteiger charge is 2.17. The lowest BCUT2D eigenvalue weighted by Crippen LogP contribution is -2.04. The number of aryl methyl sites for hydroxylation is 4. The maximum Gasteiger partial charge on any atom is 0.0941 e. The van der Waals surface area contributed by atoms with Crippen LogP contribution in [0.2, 0.25) is 0 Å². The minimum Gasteiger partial charge on any atom is -0.387 e. The van der Waals surface area contributed by atoms with E-state index in [1.54, 1.807) is 11.3 Å². The number of hydrogen-bond donors (Lipinski definition) is 1. The molecule has 0 saturated heterocycles. The van der Waals surface area contributed by atoms with E-state index in [0.717, 1.165) is 15.6 Å². The van der Waals surface area contributed by atoms with Crippen molar-refractivity contribution in [3.63, 3.8) is 0 Å². The average Bonchev–Trinajstić information content (AvgIpc) is 2.63. The standard InChI is InChI=1S/C15H19NOS/c1-9-6-5-7-10(2)13(9)8-14(17)15-11(3)16-12(4)18-15/h5-7,14,17H,8H2,1-4H3. The highest BCUT2D eigenvalue weighted by Crippen LogP contribution is 2.29. The summed E-state index contributed by atoms with van der Waals surface area (Å²) < 4.78 is 0. The fourth-order valence-corrected chi connectivity index (χ4v) is 3.23. The Balaban J connectivity index is 2.26. The van der Waals surface area contributed by atoms with Gasteiger partial charge in [-0.25, -0.2) is 4.98 Å². The molecule has 0 spiro atoms. The molecule has 0 fully saturated rings. The van der Waals surface area contributed by atoms with Gasteiger partial charge in [-0.15, -0.1) is 11.3 Å². The molecule has 0 aliphatic carbocycles. The van der Waals surface area contributed by atoms with E-state index in [9.17, 15) is 5.11 Å². The molecule has 96 valence electrons. The van der Waals surface area contributed by atoms with Crippen LogP contribution in [-0.2, 0) is 6.42 Å². The molecule has 0 aliphatic heterocycles. The van der Waals surface area contributed by atoms with E-state index in [4.69, 9.17) is 0 Å². The van der Waals surface area contributed by atoms with E-state index < -0.39 is 6.10 Å². The van der Waals surface area contributed by atoms with E-state index in [1.165, 1.54) is 16.7 Å². The molecule has 2 nitrogen and oxygen atoms in total. The maximum atomic E-state index is 10.4. The molecule has 1 N–H and O–H groups in total. The summed E-state index contributed by atoms with van der Waals surface area (Å²) >= 11 is 1.59. The maximum absolute atomic E-state index is 10.4. The van der Waals surface area contributed by atoms with Crippen LogP contribution in [0.4, 0.5) is 0 Å². The van der Waals surface area contributed by atoms with Crippen molar-refractivity contribution >= 4 is 11.3 Å². The Kier molecular flexibility index (Phi) is 3.83. The van der Waals surface area contributed by atoms with E-state index in [2.05, 4.69) is 37.0 Å². The van der Waals surface area contributed by atoms with Crippen LogP contribution in [0.3, 0.4) is 0 Å². The number of rotatable bonds is 3.